The third kappa shape index (κ3) is 5.58. The number of hydrogen-bond donors (Lipinski definition) is 4. The molecule has 13 heteroatoms. The first-order chi connectivity index (χ1) is 20.8. The van der Waals surface area contributed by atoms with Crippen molar-refractivity contribution in [2.45, 2.75) is 50.5 Å². The molecule has 3 aliphatic rings. The molecule has 1 aromatic rings. The standard InChI is InChI=1S/C31H42N2O11/c1-15(34)23-28(37)26(32(2)3)19-11-17-10-18-16(12-33(13-21(41-4)42-5)14-22(43-6)44-7)8-9-20(35)25(18)27(36)24(17)30(39)31(19,40)29(23)38/h8-9,17,19,21-22,26,35-36,38,40H,10-14H2,1-7H3/t17-,19-,26?,31+/m0/s1. The summed E-state index contributed by atoms with van der Waals surface area (Å²) in [4.78, 5) is 43.4. The zero-order valence-corrected chi connectivity index (χ0v) is 26.1. The Morgan fingerprint density at radius 2 is 1.57 bits per heavy atom. The summed E-state index contributed by atoms with van der Waals surface area (Å²) in [6.45, 7) is 2.03. The highest BCUT2D eigenvalue weighted by Crippen LogP contribution is 2.53. The summed E-state index contributed by atoms with van der Waals surface area (Å²) >= 11 is 0. The molecule has 4 N–H and O–H groups in total. The Morgan fingerprint density at radius 1 is 1.00 bits per heavy atom. The number of aromatic hydroxyl groups is 1. The van der Waals surface area contributed by atoms with Crippen molar-refractivity contribution in [2.24, 2.45) is 11.8 Å². The predicted molar refractivity (Wildman–Crippen MR) is 157 cm³/mol. The van der Waals surface area contributed by atoms with Gasteiger partial charge in [0.05, 0.1) is 24.7 Å². The molecule has 1 fully saturated rings. The second-order valence-electron chi connectivity index (χ2n) is 11.7. The van der Waals surface area contributed by atoms with Crippen molar-refractivity contribution in [1.29, 1.82) is 0 Å². The van der Waals surface area contributed by atoms with Gasteiger partial charge in [-0.15, -0.1) is 0 Å². The topological polar surface area (TPSA) is 176 Å². The van der Waals surface area contributed by atoms with Gasteiger partial charge < -0.3 is 39.4 Å². The number of benzene rings is 1. The molecule has 0 aromatic heterocycles. The third-order valence-electron chi connectivity index (χ3n) is 9.07. The van der Waals surface area contributed by atoms with Crippen LogP contribution in [-0.4, -0.2) is 127 Å². The Hall–Kier alpha value is -3.17. The molecule has 3 aliphatic carbocycles. The van der Waals surface area contributed by atoms with E-state index in [4.69, 9.17) is 18.9 Å². The molecule has 0 bridgehead atoms. The molecule has 0 spiro atoms. The number of likely N-dealkylation sites (N-methyl/N-ethyl adjacent to an activating group) is 1. The lowest BCUT2D eigenvalue weighted by atomic mass is 9.57. The number of hydrogen-bond acceptors (Lipinski definition) is 13. The van der Waals surface area contributed by atoms with E-state index in [2.05, 4.69) is 0 Å². The highest BCUT2D eigenvalue weighted by molar-refractivity contribution is 6.25. The maximum atomic E-state index is 14.1. The second-order valence-corrected chi connectivity index (χ2v) is 11.7. The number of ketones is 3. The van der Waals surface area contributed by atoms with Crippen molar-refractivity contribution in [1.82, 2.24) is 9.80 Å². The number of nitrogens with zero attached hydrogens (tertiary/aromatic N) is 2. The number of methoxy groups -OCH3 is 4. The van der Waals surface area contributed by atoms with Gasteiger partial charge in [0.1, 0.15) is 22.8 Å². The van der Waals surface area contributed by atoms with Gasteiger partial charge in [-0.25, -0.2) is 0 Å². The largest absolute Gasteiger partial charge is 0.508 e. The van der Waals surface area contributed by atoms with Gasteiger partial charge in [0, 0.05) is 46.5 Å². The van der Waals surface area contributed by atoms with Gasteiger partial charge in [-0.2, -0.15) is 0 Å². The molecular weight excluding hydrogens is 576 g/mol. The second kappa shape index (κ2) is 13.1. The molecule has 13 nitrogen and oxygen atoms in total. The Kier molecular flexibility index (Phi) is 10.0. The number of phenols is 1. The van der Waals surface area contributed by atoms with Crippen LogP contribution in [0.1, 0.15) is 30.0 Å². The Labute approximate surface area is 256 Å². The van der Waals surface area contributed by atoms with E-state index in [-0.39, 0.29) is 29.7 Å². The van der Waals surface area contributed by atoms with Crippen molar-refractivity contribution in [3.8, 4) is 5.75 Å². The molecule has 0 radical (unpaired) electrons. The van der Waals surface area contributed by atoms with Gasteiger partial charge in [0.25, 0.3) is 0 Å². The minimum atomic E-state index is -2.62. The van der Waals surface area contributed by atoms with Gasteiger partial charge in [-0.05, 0) is 57.0 Å². The average Bonchev–Trinajstić information content (AvgIpc) is 2.97. The summed E-state index contributed by atoms with van der Waals surface area (Å²) in [6.07, 6.45) is -0.912. The van der Waals surface area contributed by atoms with Crippen molar-refractivity contribution >= 4 is 23.1 Å². The van der Waals surface area contributed by atoms with E-state index in [9.17, 15) is 34.8 Å². The van der Waals surface area contributed by atoms with Crippen LogP contribution in [0.5, 0.6) is 5.75 Å². The number of phenolic OH excluding ortho intramolecular Hbond substituents is 1. The zero-order valence-electron chi connectivity index (χ0n) is 26.1. The number of Topliss-reactive ketones (excluding diaryl/α,β-unsaturated/α-hetero) is 3. The molecule has 0 saturated heterocycles. The van der Waals surface area contributed by atoms with Crippen LogP contribution < -0.4 is 0 Å². The van der Waals surface area contributed by atoms with Gasteiger partial charge in [-0.3, -0.25) is 24.2 Å². The summed E-state index contributed by atoms with van der Waals surface area (Å²) in [6, 6.07) is 2.06. The number of aliphatic hydroxyl groups excluding tert-OH is 2. The smallest absolute Gasteiger partial charge is 0.202 e. The summed E-state index contributed by atoms with van der Waals surface area (Å²) in [5, 5.41) is 45.4. The van der Waals surface area contributed by atoms with Crippen LogP contribution in [0.15, 0.2) is 29.0 Å². The lowest BCUT2D eigenvalue weighted by Crippen LogP contribution is -2.65. The van der Waals surface area contributed by atoms with Crippen molar-refractivity contribution in [3.05, 3.63) is 45.7 Å². The number of ether oxygens (including phenoxy) is 4. The molecule has 0 heterocycles. The van der Waals surface area contributed by atoms with Crippen molar-refractivity contribution in [2.75, 3.05) is 55.6 Å². The van der Waals surface area contributed by atoms with Crippen LogP contribution >= 0.6 is 0 Å². The number of rotatable bonds is 12. The third-order valence-corrected chi connectivity index (χ3v) is 9.07. The number of fused-ring (bicyclic) bond motifs is 3. The van der Waals surface area contributed by atoms with E-state index in [1.165, 1.54) is 39.4 Å². The van der Waals surface area contributed by atoms with Gasteiger partial charge in [-0.1, -0.05) is 6.07 Å². The van der Waals surface area contributed by atoms with Crippen molar-refractivity contribution in [3.63, 3.8) is 0 Å². The van der Waals surface area contributed by atoms with E-state index < -0.39 is 70.5 Å². The number of aliphatic hydroxyl groups is 3. The Balaban J connectivity index is 1.83. The SMILES string of the molecule is COC(CN(Cc1ccc(O)c2c1C[C@H]1C[C@H]3C(N(C)C)C(=O)C(C(C)=O)=C(O)[C@@]3(O)C(=O)C1=C2O)CC(OC)OC)OC. The Morgan fingerprint density at radius 3 is 2.07 bits per heavy atom. The number of carbonyl (C=O) groups is 3. The van der Waals surface area contributed by atoms with Gasteiger partial charge >= 0.3 is 0 Å². The molecule has 0 aliphatic heterocycles. The molecule has 4 rings (SSSR count). The average molecular weight is 619 g/mol. The molecule has 0 amide bonds. The molecule has 242 valence electrons. The fraction of sp³-hybridized carbons (Fsp3) is 0.581. The molecule has 1 saturated carbocycles. The first-order valence-electron chi connectivity index (χ1n) is 14.3. The maximum Gasteiger partial charge on any atom is 0.202 e. The first-order valence-corrected chi connectivity index (χ1v) is 14.3. The molecule has 4 atom stereocenters. The maximum absolute atomic E-state index is 14.1. The summed E-state index contributed by atoms with van der Waals surface area (Å²) < 4.78 is 21.6. The normalized spacial score (nSPS) is 25.3. The zero-order chi connectivity index (χ0) is 32.7. The minimum Gasteiger partial charge on any atom is -0.508 e. The highest BCUT2D eigenvalue weighted by Gasteiger charge is 2.64. The lowest BCUT2D eigenvalue weighted by Gasteiger charge is -2.50. The van der Waals surface area contributed by atoms with E-state index in [1.807, 2.05) is 4.90 Å². The van der Waals surface area contributed by atoms with E-state index >= 15 is 0 Å². The van der Waals surface area contributed by atoms with Gasteiger partial charge in [0.15, 0.2) is 29.7 Å². The highest BCUT2D eigenvalue weighted by atomic mass is 16.7. The van der Waals surface area contributed by atoms with Crippen LogP contribution in [0.3, 0.4) is 0 Å². The first kappa shape index (κ1) is 33.7. The quantitative estimate of drug-likeness (QED) is 0.194. The fourth-order valence-electron chi connectivity index (χ4n) is 6.92. The monoisotopic (exact) mass is 618 g/mol. The lowest BCUT2D eigenvalue weighted by molar-refractivity contribution is -0.153. The fourth-order valence-corrected chi connectivity index (χ4v) is 6.92. The van der Waals surface area contributed by atoms with Gasteiger partial charge in [0.2, 0.25) is 5.78 Å². The van der Waals surface area contributed by atoms with Crippen LogP contribution in [0.2, 0.25) is 0 Å². The number of carbonyl (C=O) groups excluding carboxylic acids is 3. The summed E-state index contributed by atoms with van der Waals surface area (Å²) in [5.41, 5.74) is -2.05. The van der Waals surface area contributed by atoms with Crippen LogP contribution in [0, 0.1) is 11.8 Å². The minimum absolute atomic E-state index is 0.0363. The van der Waals surface area contributed by atoms with E-state index in [0.29, 0.717) is 25.2 Å². The summed E-state index contributed by atoms with van der Waals surface area (Å²) in [5.74, 6) is -6.02. The molecule has 1 aromatic carbocycles. The predicted octanol–water partition coefficient (Wildman–Crippen LogP) is 1.11. The van der Waals surface area contributed by atoms with Crippen molar-refractivity contribution < 1.29 is 53.8 Å². The van der Waals surface area contributed by atoms with Crippen LogP contribution in [0.4, 0.5) is 0 Å². The summed E-state index contributed by atoms with van der Waals surface area (Å²) in [7, 11) is 9.28. The van der Waals surface area contributed by atoms with Crippen LogP contribution in [-0.2, 0) is 46.3 Å². The van der Waals surface area contributed by atoms with E-state index in [0.717, 1.165) is 12.5 Å². The molecular formula is C31H42N2O11. The van der Waals surface area contributed by atoms with Crippen LogP contribution in [0.25, 0.3) is 5.76 Å². The Bertz CT molecular complexity index is 1360. The van der Waals surface area contributed by atoms with E-state index in [1.54, 1.807) is 20.2 Å². The molecule has 1 unspecified atom stereocenters. The molecule has 44 heavy (non-hydrogen) atoms.